The van der Waals surface area contributed by atoms with Gasteiger partial charge < -0.3 is 10.2 Å². The van der Waals surface area contributed by atoms with Crippen molar-refractivity contribution >= 4 is 11.6 Å². The monoisotopic (exact) mass is 393 g/mol. The van der Waals surface area contributed by atoms with Crippen LogP contribution in [0.4, 0.5) is 32.0 Å². The molecule has 0 aliphatic carbocycles. The van der Waals surface area contributed by atoms with E-state index in [0.717, 1.165) is 30.3 Å². The lowest BCUT2D eigenvalue weighted by Gasteiger charge is -2.31. The number of anilines is 1. The van der Waals surface area contributed by atoms with E-state index in [1.165, 1.54) is 0 Å². The van der Waals surface area contributed by atoms with Gasteiger partial charge in [0.2, 0.25) is 0 Å². The van der Waals surface area contributed by atoms with Crippen LogP contribution < -0.4 is 4.90 Å². The van der Waals surface area contributed by atoms with Gasteiger partial charge in [0.15, 0.2) is 0 Å². The molecule has 1 atom stereocenters. The minimum absolute atomic E-state index is 0.154. The fraction of sp³-hybridized carbons (Fsp3) is 0.235. The third kappa shape index (κ3) is 4.44. The number of phenols is 2. The van der Waals surface area contributed by atoms with Crippen LogP contribution in [-0.2, 0) is 6.18 Å². The number of hydrogen-bond acceptors (Lipinski definition) is 3. The maximum atomic E-state index is 13.2. The molecule has 0 aliphatic heterocycles. The molecule has 0 saturated heterocycles. The summed E-state index contributed by atoms with van der Waals surface area (Å²) in [6.07, 6.45) is -10.0. The summed E-state index contributed by atoms with van der Waals surface area (Å²) in [5.74, 6) is -2.65. The molecular formula is C17H13F6NO3. The number of amides is 1. The van der Waals surface area contributed by atoms with Gasteiger partial charge in [-0.1, -0.05) is 0 Å². The summed E-state index contributed by atoms with van der Waals surface area (Å²) in [7, 11) is 0. The Bertz CT molecular complexity index is 830. The van der Waals surface area contributed by atoms with Crippen molar-refractivity contribution in [2.75, 3.05) is 4.90 Å². The van der Waals surface area contributed by atoms with Crippen LogP contribution in [0.2, 0.25) is 0 Å². The molecule has 0 heterocycles. The predicted octanol–water partition coefficient (Wildman–Crippen LogP) is 4.71. The van der Waals surface area contributed by atoms with Gasteiger partial charge in [0, 0.05) is 5.69 Å². The number of carbonyl (C=O) groups is 1. The van der Waals surface area contributed by atoms with Crippen LogP contribution in [0.1, 0.15) is 22.8 Å². The highest BCUT2D eigenvalue weighted by Gasteiger charge is 2.45. The van der Waals surface area contributed by atoms with Gasteiger partial charge in [-0.3, -0.25) is 9.69 Å². The Morgan fingerprint density at radius 3 is 1.93 bits per heavy atom. The summed E-state index contributed by atoms with van der Waals surface area (Å²) in [5.41, 5.74) is -2.97. The third-order valence-corrected chi connectivity index (χ3v) is 3.75. The molecule has 146 valence electrons. The zero-order chi connectivity index (χ0) is 20.6. The number of alkyl halides is 6. The molecule has 0 saturated carbocycles. The largest absolute Gasteiger partial charge is 0.508 e. The number of benzene rings is 2. The maximum absolute atomic E-state index is 13.2. The topological polar surface area (TPSA) is 60.8 Å². The molecule has 2 aromatic carbocycles. The second kappa shape index (κ2) is 7.01. The highest BCUT2D eigenvalue weighted by Crippen LogP contribution is 2.37. The van der Waals surface area contributed by atoms with E-state index in [-0.39, 0.29) is 22.4 Å². The van der Waals surface area contributed by atoms with E-state index in [0.29, 0.717) is 13.0 Å². The number of carbonyl (C=O) groups excluding carboxylic acids is 1. The van der Waals surface area contributed by atoms with Gasteiger partial charge in [-0.15, -0.1) is 0 Å². The first-order valence-corrected chi connectivity index (χ1v) is 7.42. The number of halogens is 6. The third-order valence-electron chi connectivity index (χ3n) is 3.75. The molecule has 0 spiro atoms. The van der Waals surface area contributed by atoms with Crippen molar-refractivity contribution in [3.63, 3.8) is 0 Å². The lowest BCUT2D eigenvalue weighted by Crippen LogP contribution is -2.47. The van der Waals surface area contributed by atoms with Gasteiger partial charge in [-0.05, 0) is 49.4 Å². The fourth-order valence-electron chi connectivity index (χ4n) is 2.36. The number of nitrogens with zero attached hydrogens (tertiary/aromatic N) is 1. The van der Waals surface area contributed by atoms with Gasteiger partial charge >= 0.3 is 12.4 Å². The molecule has 2 aromatic rings. The molecule has 4 nitrogen and oxygen atoms in total. The van der Waals surface area contributed by atoms with Gasteiger partial charge in [-0.25, -0.2) is 0 Å². The smallest absolute Gasteiger partial charge is 0.417 e. The van der Waals surface area contributed by atoms with E-state index in [1.807, 2.05) is 0 Å². The van der Waals surface area contributed by atoms with Crippen molar-refractivity contribution < 1.29 is 41.4 Å². The van der Waals surface area contributed by atoms with Crippen LogP contribution in [0.3, 0.4) is 0 Å². The van der Waals surface area contributed by atoms with Crippen molar-refractivity contribution in [3.05, 3.63) is 53.6 Å². The molecule has 0 radical (unpaired) electrons. The summed E-state index contributed by atoms with van der Waals surface area (Å²) in [5, 5.41) is 18.5. The van der Waals surface area contributed by atoms with Crippen molar-refractivity contribution in [2.45, 2.75) is 25.3 Å². The number of phenolic OH excluding ortho intramolecular Hbond substituents is 2. The molecule has 27 heavy (non-hydrogen) atoms. The van der Waals surface area contributed by atoms with E-state index >= 15 is 0 Å². The molecule has 1 amide bonds. The molecule has 2 N–H and O–H groups in total. The number of hydrogen-bond donors (Lipinski definition) is 2. The second-order valence-corrected chi connectivity index (χ2v) is 5.64. The molecule has 0 fully saturated rings. The van der Waals surface area contributed by atoms with Crippen LogP contribution in [-0.4, -0.2) is 28.3 Å². The first kappa shape index (κ1) is 20.4. The summed E-state index contributed by atoms with van der Waals surface area (Å²) in [6, 6.07) is 3.14. The van der Waals surface area contributed by atoms with E-state index in [1.54, 1.807) is 0 Å². The van der Waals surface area contributed by atoms with Crippen molar-refractivity contribution in [1.29, 1.82) is 0 Å². The molecule has 2 rings (SSSR count). The molecule has 0 bridgehead atoms. The molecule has 10 heteroatoms. The maximum Gasteiger partial charge on any atom is 0.417 e. The zero-order valence-corrected chi connectivity index (χ0v) is 13.6. The molecule has 0 aliphatic rings. The average molecular weight is 393 g/mol. The van der Waals surface area contributed by atoms with Crippen LogP contribution in [0, 0.1) is 0 Å². The highest BCUT2D eigenvalue weighted by atomic mass is 19.4. The van der Waals surface area contributed by atoms with Crippen molar-refractivity contribution in [2.24, 2.45) is 0 Å². The first-order chi connectivity index (χ1) is 12.3. The fourth-order valence-corrected chi connectivity index (χ4v) is 2.36. The van der Waals surface area contributed by atoms with Crippen LogP contribution in [0.5, 0.6) is 11.5 Å². The minimum Gasteiger partial charge on any atom is -0.508 e. The van der Waals surface area contributed by atoms with Gasteiger partial charge in [0.25, 0.3) is 5.91 Å². The molecule has 1 unspecified atom stereocenters. The Morgan fingerprint density at radius 1 is 0.926 bits per heavy atom. The number of aromatic hydroxyl groups is 2. The molecule has 0 aromatic heterocycles. The Labute approximate surface area is 149 Å². The van der Waals surface area contributed by atoms with Crippen LogP contribution in [0.15, 0.2) is 42.5 Å². The summed E-state index contributed by atoms with van der Waals surface area (Å²) in [6.45, 7) is 0.623. The van der Waals surface area contributed by atoms with Crippen LogP contribution in [0.25, 0.3) is 0 Å². The van der Waals surface area contributed by atoms with E-state index in [4.69, 9.17) is 0 Å². The summed E-state index contributed by atoms with van der Waals surface area (Å²) in [4.78, 5) is 12.8. The minimum atomic E-state index is -5.08. The zero-order valence-electron chi connectivity index (χ0n) is 13.6. The SMILES string of the molecule is CC(N(C(=O)c1ccc(O)cc1C(F)(F)F)c1ccc(O)cc1)C(F)(F)F. The Kier molecular flexibility index (Phi) is 5.30. The standard InChI is InChI=1S/C17H13F6NO3/c1-9(16(18,19)20)24(10-2-4-11(25)5-3-10)15(27)13-7-6-12(26)8-14(13)17(21,22)23/h2-9,25-26H,1H3. The highest BCUT2D eigenvalue weighted by molar-refractivity contribution is 6.07. The van der Waals surface area contributed by atoms with Crippen molar-refractivity contribution in [1.82, 2.24) is 0 Å². The van der Waals surface area contributed by atoms with Gasteiger partial charge in [0.1, 0.15) is 17.5 Å². The second-order valence-electron chi connectivity index (χ2n) is 5.64. The lowest BCUT2D eigenvalue weighted by atomic mass is 10.0. The average Bonchev–Trinajstić information content (AvgIpc) is 2.55. The van der Waals surface area contributed by atoms with Gasteiger partial charge in [0.05, 0.1) is 11.1 Å². The lowest BCUT2D eigenvalue weighted by molar-refractivity contribution is -0.143. The number of rotatable bonds is 3. The Morgan fingerprint density at radius 2 is 1.44 bits per heavy atom. The summed E-state index contributed by atoms with van der Waals surface area (Å²) >= 11 is 0. The quantitative estimate of drug-likeness (QED) is 0.743. The normalized spacial score (nSPS) is 13.3. The van der Waals surface area contributed by atoms with E-state index in [9.17, 15) is 41.4 Å². The van der Waals surface area contributed by atoms with Gasteiger partial charge in [-0.2, -0.15) is 26.3 Å². The van der Waals surface area contributed by atoms with Crippen LogP contribution >= 0.6 is 0 Å². The first-order valence-electron chi connectivity index (χ1n) is 7.42. The van der Waals surface area contributed by atoms with E-state index < -0.39 is 41.2 Å². The Hall–Kier alpha value is -2.91. The molecular weight excluding hydrogens is 380 g/mol. The summed E-state index contributed by atoms with van der Waals surface area (Å²) < 4.78 is 79.3. The van der Waals surface area contributed by atoms with Crippen molar-refractivity contribution in [3.8, 4) is 11.5 Å². The predicted molar refractivity (Wildman–Crippen MR) is 83.5 cm³/mol. The van der Waals surface area contributed by atoms with E-state index in [2.05, 4.69) is 0 Å². The Balaban J connectivity index is 2.64.